The van der Waals surface area contributed by atoms with Gasteiger partial charge in [0.15, 0.2) is 0 Å². The Morgan fingerprint density at radius 1 is 1.11 bits per heavy atom. The molecule has 0 fully saturated rings. The van der Waals surface area contributed by atoms with E-state index in [9.17, 15) is 13.2 Å². The number of halogens is 1. The third kappa shape index (κ3) is 6.55. The normalized spacial score (nSPS) is 11.3. The van der Waals surface area contributed by atoms with Gasteiger partial charge in [-0.25, -0.2) is 4.79 Å². The smallest absolute Gasteiger partial charge is 0.322 e. The summed E-state index contributed by atoms with van der Waals surface area (Å²) in [5.41, 5.74) is 1.58. The number of carbonyl (C=O) groups is 1. The lowest BCUT2D eigenvalue weighted by molar-refractivity contribution is 0.193. The summed E-state index contributed by atoms with van der Waals surface area (Å²) in [4.78, 5) is 14.3. The first-order valence-corrected chi connectivity index (χ1v) is 10.9. The molecular formula is C19H23BrN2O4S. The second-order valence-electron chi connectivity index (χ2n) is 6.23. The number of carbonyl (C=O) groups excluding carboxylic acids is 1. The first kappa shape index (κ1) is 21.2. The van der Waals surface area contributed by atoms with Gasteiger partial charge in [0.25, 0.3) is 0 Å². The highest BCUT2D eigenvalue weighted by Crippen LogP contribution is 2.19. The monoisotopic (exact) mass is 454 g/mol. The van der Waals surface area contributed by atoms with Crippen LogP contribution in [0, 0.1) is 0 Å². The number of urea groups is 1. The van der Waals surface area contributed by atoms with Gasteiger partial charge in [-0.1, -0.05) is 28.1 Å². The molecule has 2 aromatic rings. The van der Waals surface area contributed by atoms with E-state index in [2.05, 4.69) is 21.2 Å². The summed E-state index contributed by atoms with van der Waals surface area (Å²) in [5, 5.41) is 2.88. The van der Waals surface area contributed by atoms with Crippen molar-refractivity contribution >= 4 is 37.8 Å². The molecule has 1 N–H and O–H groups in total. The van der Waals surface area contributed by atoms with Gasteiger partial charge in [-0.15, -0.1) is 0 Å². The fourth-order valence-corrected chi connectivity index (χ4v) is 3.06. The highest BCUT2D eigenvalue weighted by atomic mass is 79.9. The van der Waals surface area contributed by atoms with Crippen molar-refractivity contribution in [1.82, 2.24) is 4.90 Å². The summed E-state index contributed by atoms with van der Waals surface area (Å²) in [6.07, 6.45) is 0. The van der Waals surface area contributed by atoms with Crippen LogP contribution in [-0.2, 0) is 16.7 Å². The van der Waals surface area contributed by atoms with Gasteiger partial charge in [0.1, 0.15) is 5.75 Å². The molecule has 0 aromatic heterocycles. The number of rotatable bonds is 7. The number of nitrogens with one attached hydrogen (secondary N) is 1. The summed E-state index contributed by atoms with van der Waals surface area (Å²) in [6.45, 7) is 5.79. The van der Waals surface area contributed by atoms with Crippen LogP contribution in [0.25, 0.3) is 0 Å². The van der Waals surface area contributed by atoms with E-state index in [1.54, 1.807) is 29.2 Å². The molecule has 0 bridgehead atoms. The van der Waals surface area contributed by atoms with E-state index >= 15 is 0 Å². The van der Waals surface area contributed by atoms with E-state index in [1.807, 2.05) is 38.1 Å². The Hall–Kier alpha value is -2.06. The Bertz CT molecular complexity index is 866. The second-order valence-corrected chi connectivity index (χ2v) is 9.01. The molecule has 2 amide bonds. The van der Waals surface area contributed by atoms with Crippen molar-refractivity contribution in [3.05, 3.63) is 58.6 Å². The van der Waals surface area contributed by atoms with Gasteiger partial charge < -0.3 is 14.4 Å². The Labute approximate surface area is 168 Å². The lowest BCUT2D eigenvalue weighted by Crippen LogP contribution is -2.39. The minimum Gasteiger partial charge on any atom is -0.382 e. The molecule has 0 saturated carbocycles. The molecule has 0 heterocycles. The molecule has 6 nitrogen and oxygen atoms in total. The summed E-state index contributed by atoms with van der Waals surface area (Å²) in [5.74, 6) is 0.169. The molecular weight excluding hydrogens is 432 g/mol. The summed E-state index contributed by atoms with van der Waals surface area (Å²) in [6, 6.07) is 13.8. The van der Waals surface area contributed by atoms with Gasteiger partial charge in [0.2, 0.25) is 0 Å². The average molecular weight is 455 g/mol. The molecule has 0 radical (unpaired) electrons. The second kappa shape index (κ2) is 9.23. The Morgan fingerprint density at radius 2 is 1.70 bits per heavy atom. The van der Waals surface area contributed by atoms with Crippen LogP contribution >= 0.6 is 15.9 Å². The maximum Gasteiger partial charge on any atom is 0.322 e. The van der Waals surface area contributed by atoms with Gasteiger partial charge in [0.05, 0.1) is 5.75 Å². The standard InChI is InChI=1S/C19H23BrN2O4S/c1-4-27(24,25)26-18-11-5-15(6-12-18)13-22(14(2)3)19(23)21-17-9-7-16(20)8-10-17/h5-12,14H,4,13H2,1-3H3,(H,21,23). The van der Waals surface area contributed by atoms with E-state index in [0.29, 0.717) is 12.2 Å². The minimum atomic E-state index is -3.55. The zero-order valence-electron chi connectivity index (χ0n) is 15.5. The molecule has 2 rings (SSSR count). The quantitative estimate of drug-likeness (QED) is 0.619. The zero-order chi connectivity index (χ0) is 20.0. The van der Waals surface area contributed by atoms with Crippen LogP contribution < -0.4 is 9.50 Å². The van der Waals surface area contributed by atoms with Gasteiger partial charge in [-0.2, -0.15) is 8.42 Å². The number of benzene rings is 2. The first-order chi connectivity index (χ1) is 12.7. The van der Waals surface area contributed by atoms with Gasteiger partial charge in [-0.05, 0) is 62.7 Å². The maximum absolute atomic E-state index is 12.6. The molecule has 0 atom stereocenters. The number of nitrogens with zero attached hydrogens (tertiary/aromatic N) is 1. The van der Waals surface area contributed by atoms with Crippen molar-refractivity contribution in [1.29, 1.82) is 0 Å². The fourth-order valence-electron chi connectivity index (χ4n) is 2.27. The van der Waals surface area contributed by atoms with Crippen molar-refractivity contribution in [2.45, 2.75) is 33.4 Å². The van der Waals surface area contributed by atoms with Crippen LogP contribution in [-0.4, -0.2) is 31.1 Å². The molecule has 0 aliphatic rings. The fraction of sp³-hybridized carbons (Fsp3) is 0.316. The summed E-state index contributed by atoms with van der Waals surface area (Å²) in [7, 11) is -3.55. The SMILES string of the molecule is CCS(=O)(=O)Oc1ccc(CN(C(=O)Nc2ccc(Br)cc2)C(C)C)cc1. The molecule has 27 heavy (non-hydrogen) atoms. The Balaban J connectivity index is 2.06. The first-order valence-electron chi connectivity index (χ1n) is 8.54. The molecule has 146 valence electrons. The van der Waals surface area contributed by atoms with E-state index < -0.39 is 10.1 Å². The molecule has 0 unspecified atom stereocenters. The van der Waals surface area contributed by atoms with E-state index in [1.165, 1.54) is 6.92 Å². The maximum atomic E-state index is 12.6. The topological polar surface area (TPSA) is 75.7 Å². The number of hydrogen-bond acceptors (Lipinski definition) is 4. The highest BCUT2D eigenvalue weighted by Gasteiger charge is 2.18. The predicted octanol–water partition coefficient (Wildman–Crippen LogP) is 4.62. The number of anilines is 1. The van der Waals surface area contributed by atoms with Crippen molar-refractivity contribution in [2.75, 3.05) is 11.1 Å². The molecule has 2 aromatic carbocycles. The van der Waals surface area contributed by atoms with Crippen LogP contribution in [0.4, 0.5) is 10.5 Å². The molecule has 0 spiro atoms. The molecule has 0 aliphatic carbocycles. The van der Waals surface area contributed by atoms with Crippen LogP contribution in [0.5, 0.6) is 5.75 Å². The van der Waals surface area contributed by atoms with Crippen LogP contribution in [0.3, 0.4) is 0 Å². The third-order valence-corrected chi connectivity index (χ3v) is 5.51. The third-order valence-electron chi connectivity index (χ3n) is 3.83. The summed E-state index contributed by atoms with van der Waals surface area (Å²) < 4.78 is 28.9. The van der Waals surface area contributed by atoms with Crippen LogP contribution in [0.15, 0.2) is 53.0 Å². The van der Waals surface area contributed by atoms with Gasteiger partial charge in [-0.3, -0.25) is 0 Å². The van der Waals surface area contributed by atoms with Crippen LogP contribution in [0.2, 0.25) is 0 Å². The Kier molecular flexibility index (Phi) is 7.26. The van der Waals surface area contributed by atoms with E-state index in [0.717, 1.165) is 10.0 Å². The largest absolute Gasteiger partial charge is 0.382 e. The van der Waals surface area contributed by atoms with E-state index in [-0.39, 0.29) is 23.6 Å². The molecule has 8 heteroatoms. The lowest BCUT2D eigenvalue weighted by Gasteiger charge is -2.27. The van der Waals surface area contributed by atoms with Crippen LogP contribution in [0.1, 0.15) is 26.3 Å². The number of amides is 2. The summed E-state index contributed by atoms with van der Waals surface area (Å²) >= 11 is 3.37. The average Bonchev–Trinajstić information content (AvgIpc) is 2.62. The van der Waals surface area contributed by atoms with Crippen molar-refractivity contribution in [3.8, 4) is 5.75 Å². The number of hydrogen-bond donors (Lipinski definition) is 1. The minimum absolute atomic E-state index is 0.0168. The van der Waals surface area contributed by atoms with Crippen molar-refractivity contribution < 1.29 is 17.4 Å². The van der Waals surface area contributed by atoms with Gasteiger partial charge >= 0.3 is 16.1 Å². The Morgan fingerprint density at radius 3 is 2.22 bits per heavy atom. The molecule has 0 saturated heterocycles. The van der Waals surface area contributed by atoms with Crippen molar-refractivity contribution in [2.24, 2.45) is 0 Å². The molecule has 0 aliphatic heterocycles. The van der Waals surface area contributed by atoms with E-state index in [4.69, 9.17) is 4.18 Å². The zero-order valence-corrected chi connectivity index (χ0v) is 17.9. The lowest BCUT2D eigenvalue weighted by atomic mass is 10.2. The predicted molar refractivity (Wildman–Crippen MR) is 110 cm³/mol. The highest BCUT2D eigenvalue weighted by molar-refractivity contribution is 9.10. The van der Waals surface area contributed by atoms with Crippen molar-refractivity contribution in [3.63, 3.8) is 0 Å². The van der Waals surface area contributed by atoms with Gasteiger partial charge in [0, 0.05) is 22.7 Å².